The van der Waals surface area contributed by atoms with Gasteiger partial charge in [0.2, 0.25) is 0 Å². The van der Waals surface area contributed by atoms with E-state index < -0.39 is 5.97 Å². The highest BCUT2D eigenvalue weighted by Crippen LogP contribution is 2.32. The molecule has 2 fully saturated rings. The second kappa shape index (κ2) is 9.00. The first kappa shape index (κ1) is 20.0. The molecule has 2 N–H and O–H groups in total. The van der Waals surface area contributed by atoms with Crippen LogP contribution in [0.2, 0.25) is 0 Å². The van der Waals surface area contributed by atoms with E-state index in [1.165, 1.54) is 22.4 Å². The Morgan fingerprint density at radius 2 is 1.55 bits per heavy atom. The van der Waals surface area contributed by atoms with Crippen molar-refractivity contribution in [1.29, 1.82) is 0 Å². The molecule has 29 heavy (non-hydrogen) atoms. The number of carbonyl (C=O) groups is 1. The Morgan fingerprint density at radius 3 is 2.21 bits per heavy atom. The van der Waals surface area contributed by atoms with Crippen molar-refractivity contribution in [3.8, 4) is 11.1 Å². The third-order valence-corrected chi connectivity index (χ3v) is 6.77. The summed E-state index contributed by atoms with van der Waals surface area (Å²) in [5.41, 5.74) is 5.31. The van der Waals surface area contributed by atoms with Crippen LogP contribution in [0.1, 0.15) is 44.1 Å². The van der Waals surface area contributed by atoms with Gasteiger partial charge < -0.3 is 15.3 Å². The molecule has 4 nitrogen and oxygen atoms in total. The summed E-state index contributed by atoms with van der Waals surface area (Å²) in [6.07, 6.45) is 5.92. The van der Waals surface area contributed by atoms with Crippen molar-refractivity contribution in [2.75, 3.05) is 18.0 Å². The fraction of sp³-hybridized carbons (Fsp3) is 0.480. The summed E-state index contributed by atoms with van der Waals surface area (Å²) in [5.74, 6) is -0.750. The number of anilines is 1. The van der Waals surface area contributed by atoms with Gasteiger partial charge in [0, 0.05) is 30.9 Å². The molecule has 0 radical (unpaired) electrons. The number of carboxylic acid groups (broad SMARTS) is 1. The normalized spacial score (nSPS) is 23.1. The number of hydrogen-bond donors (Lipinski definition) is 2. The van der Waals surface area contributed by atoms with Crippen LogP contribution in [0.25, 0.3) is 11.1 Å². The minimum absolute atomic E-state index is 0.130. The first-order valence-corrected chi connectivity index (χ1v) is 11.0. The maximum absolute atomic E-state index is 11.1. The molecule has 1 saturated carbocycles. The Hall–Kier alpha value is -2.33. The van der Waals surface area contributed by atoms with Gasteiger partial charge in [-0.25, -0.2) is 0 Å². The van der Waals surface area contributed by atoms with Crippen molar-refractivity contribution in [3.05, 3.63) is 54.1 Å². The van der Waals surface area contributed by atoms with E-state index in [0.717, 1.165) is 51.6 Å². The van der Waals surface area contributed by atoms with Gasteiger partial charge >= 0.3 is 5.97 Å². The molecule has 1 saturated heterocycles. The van der Waals surface area contributed by atoms with Gasteiger partial charge in [0.05, 0.1) is 5.92 Å². The molecular formula is C25H32N2O2. The Kier molecular flexibility index (Phi) is 6.19. The Balaban J connectivity index is 1.34. The highest BCUT2D eigenvalue weighted by atomic mass is 16.4. The number of rotatable bonds is 5. The summed E-state index contributed by atoms with van der Waals surface area (Å²) in [5, 5.41) is 13.0. The summed E-state index contributed by atoms with van der Waals surface area (Å²) in [7, 11) is 0. The molecule has 0 amide bonds. The lowest BCUT2D eigenvalue weighted by molar-refractivity contribution is -0.142. The van der Waals surface area contributed by atoms with E-state index in [1.54, 1.807) is 0 Å². The van der Waals surface area contributed by atoms with Crippen LogP contribution in [0.5, 0.6) is 0 Å². The molecular weight excluding hydrogens is 360 g/mol. The van der Waals surface area contributed by atoms with Crippen LogP contribution in [-0.4, -0.2) is 36.2 Å². The first-order valence-electron chi connectivity index (χ1n) is 11.0. The Labute approximate surface area is 173 Å². The van der Waals surface area contributed by atoms with E-state index in [4.69, 9.17) is 0 Å². The van der Waals surface area contributed by atoms with Gasteiger partial charge in [-0.15, -0.1) is 0 Å². The third kappa shape index (κ3) is 4.64. The molecule has 2 aromatic rings. The van der Waals surface area contributed by atoms with Crippen molar-refractivity contribution >= 4 is 11.7 Å². The zero-order chi connectivity index (χ0) is 20.2. The average molecular weight is 393 g/mol. The fourth-order valence-corrected chi connectivity index (χ4v) is 5.02. The minimum Gasteiger partial charge on any atom is -0.481 e. The number of carboxylic acids is 1. The van der Waals surface area contributed by atoms with E-state index in [2.05, 4.69) is 65.7 Å². The van der Waals surface area contributed by atoms with E-state index in [1.807, 2.05) is 0 Å². The van der Waals surface area contributed by atoms with Crippen molar-refractivity contribution in [2.24, 2.45) is 5.92 Å². The largest absolute Gasteiger partial charge is 0.481 e. The maximum Gasteiger partial charge on any atom is 0.306 e. The van der Waals surface area contributed by atoms with E-state index >= 15 is 0 Å². The highest BCUT2D eigenvalue weighted by molar-refractivity contribution is 5.74. The topological polar surface area (TPSA) is 52.6 Å². The van der Waals surface area contributed by atoms with Crippen LogP contribution in [0.4, 0.5) is 5.69 Å². The quantitative estimate of drug-likeness (QED) is 0.763. The van der Waals surface area contributed by atoms with Gasteiger partial charge in [0.15, 0.2) is 0 Å². The van der Waals surface area contributed by atoms with Gasteiger partial charge in [-0.1, -0.05) is 42.5 Å². The van der Waals surface area contributed by atoms with Crippen molar-refractivity contribution in [1.82, 2.24) is 5.32 Å². The lowest BCUT2D eigenvalue weighted by atomic mass is 9.85. The molecule has 0 spiro atoms. The van der Waals surface area contributed by atoms with Crippen molar-refractivity contribution in [3.63, 3.8) is 0 Å². The van der Waals surface area contributed by atoms with Gasteiger partial charge in [-0.3, -0.25) is 4.79 Å². The molecule has 4 rings (SSSR count). The Morgan fingerprint density at radius 1 is 0.897 bits per heavy atom. The second-order valence-electron chi connectivity index (χ2n) is 8.63. The number of piperidine rings is 1. The molecule has 1 heterocycles. The van der Waals surface area contributed by atoms with Crippen molar-refractivity contribution < 1.29 is 9.90 Å². The lowest BCUT2D eigenvalue weighted by Gasteiger charge is -2.38. The first-order chi connectivity index (χ1) is 14.1. The zero-order valence-electron chi connectivity index (χ0n) is 17.3. The molecule has 2 aliphatic rings. The summed E-state index contributed by atoms with van der Waals surface area (Å²) in [6.45, 7) is 4.38. The van der Waals surface area contributed by atoms with E-state index in [0.29, 0.717) is 12.1 Å². The monoisotopic (exact) mass is 392 g/mol. The minimum atomic E-state index is -0.620. The van der Waals surface area contributed by atoms with Gasteiger partial charge in [0.1, 0.15) is 0 Å². The smallest absolute Gasteiger partial charge is 0.306 e. The average Bonchev–Trinajstić information content (AvgIpc) is 2.76. The van der Waals surface area contributed by atoms with Gasteiger partial charge in [0.25, 0.3) is 0 Å². The predicted molar refractivity (Wildman–Crippen MR) is 118 cm³/mol. The summed E-state index contributed by atoms with van der Waals surface area (Å²) < 4.78 is 0. The lowest BCUT2D eigenvalue weighted by Crippen LogP contribution is -2.47. The zero-order valence-corrected chi connectivity index (χ0v) is 17.3. The van der Waals surface area contributed by atoms with Gasteiger partial charge in [-0.05, 0) is 68.2 Å². The molecule has 0 unspecified atom stereocenters. The van der Waals surface area contributed by atoms with Crippen molar-refractivity contribution in [2.45, 2.75) is 57.5 Å². The number of nitrogens with zero attached hydrogens (tertiary/aromatic N) is 1. The maximum atomic E-state index is 11.1. The number of hydrogen-bond acceptors (Lipinski definition) is 3. The van der Waals surface area contributed by atoms with Crippen LogP contribution in [0.15, 0.2) is 48.5 Å². The molecule has 1 aliphatic heterocycles. The molecule has 0 bridgehead atoms. The van der Waals surface area contributed by atoms with Crippen LogP contribution >= 0.6 is 0 Å². The standard InChI is InChI=1S/C25H32N2O2/c1-18-23(19-6-3-2-4-7-19)8-5-9-24(18)27-16-14-22(15-17-27)26-21-12-10-20(11-13-21)25(28)29/h2-9,20-22,26H,10-17H2,1H3,(H,28,29). The molecule has 2 aromatic carbocycles. The van der Waals surface area contributed by atoms with Crippen LogP contribution in [0, 0.1) is 12.8 Å². The Bertz CT molecular complexity index is 820. The van der Waals surface area contributed by atoms with Crippen LogP contribution < -0.4 is 10.2 Å². The highest BCUT2D eigenvalue weighted by Gasteiger charge is 2.28. The van der Waals surface area contributed by atoms with E-state index in [9.17, 15) is 9.90 Å². The predicted octanol–water partition coefficient (Wildman–Crippen LogP) is 4.86. The molecule has 1 aliphatic carbocycles. The summed E-state index contributed by atoms with van der Waals surface area (Å²) in [4.78, 5) is 13.7. The van der Waals surface area contributed by atoms with Crippen LogP contribution in [0.3, 0.4) is 0 Å². The molecule has 0 aromatic heterocycles. The fourth-order valence-electron chi connectivity index (χ4n) is 5.02. The number of nitrogens with one attached hydrogen (secondary N) is 1. The van der Waals surface area contributed by atoms with Crippen LogP contribution in [-0.2, 0) is 4.79 Å². The molecule has 4 heteroatoms. The second-order valence-corrected chi connectivity index (χ2v) is 8.63. The number of aliphatic carboxylic acids is 1. The third-order valence-electron chi connectivity index (χ3n) is 6.77. The molecule has 154 valence electrons. The van der Waals surface area contributed by atoms with E-state index in [-0.39, 0.29) is 5.92 Å². The summed E-state index contributed by atoms with van der Waals surface area (Å²) in [6, 6.07) is 18.3. The summed E-state index contributed by atoms with van der Waals surface area (Å²) >= 11 is 0. The number of benzene rings is 2. The molecule has 0 atom stereocenters. The van der Waals surface area contributed by atoms with Gasteiger partial charge in [-0.2, -0.15) is 0 Å². The SMILES string of the molecule is Cc1c(-c2ccccc2)cccc1N1CCC(NC2CCC(C(=O)O)CC2)CC1.